The molecule has 0 heterocycles. The molecule has 0 fully saturated rings. The fourth-order valence-electron chi connectivity index (χ4n) is 2.28. The SMILES string of the molecule is COc1ccc2cc([C@H](C)C(=O)NCC(C)(O)C(=O)O)ccc2c1. The molecule has 2 rings (SSSR count). The minimum Gasteiger partial charge on any atom is -0.497 e. The van der Waals surface area contributed by atoms with E-state index in [4.69, 9.17) is 9.84 Å². The van der Waals surface area contributed by atoms with Gasteiger partial charge in [-0.1, -0.05) is 24.3 Å². The number of carbonyl (C=O) groups excluding carboxylic acids is 1. The summed E-state index contributed by atoms with van der Waals surface area (Å²) in [4.78, 5) is 23.1. The molecule has 0 aliphatic carbocycles. The molecule has 0 saturated heterocycles. The number of carboxylic acids is 1. The summed E-state index contributed by atoms with van der Waals surface area (Å²) in [5, 5.41) is 23.0. The fraction of sp³-hybridized carbons (Fsp3) is 0.333. The van der Waals surface area contributed by atoms with Gasteiger partial charge in [-0.15, -0.1) is 0 Å². The Bertz CT molecular complexity index is 769. The zero-order chi connectivity index (χ0) is 17.9. The maximum atomic E-state index is 12.2. The van der Waals surface area contributed by atoms with Crippen LogP contribution < -0.4 is 10.1 Å². The summed E-state index contributed by atoms with van der Waals surface area (Å²) < 4.78 is 5.19. The summed E-state index contributed by atoms with van der Waals surface area (Å²) >= 11 is 0. The van der Waals surface area contributed by atoms with Crippen LogP contribution in [0, 0.1) is 0 Å². The van der Waals surface area contributed by atoms with E-state index in [1.54, 1.807) is 14.0 Å². The van der Waals surface area contributed by atoms with E-state index in [1.807, 2.05) is 36.4 Å². The van der Waals surface area contributed by atoms with Crippen molar-refractivity contribution in [3.05, 3.63) is 42.0 Å². The predicted octanol–water partition coefficient (Wildman–Crippen LogP) is 1.90. The molecule has 2 aromatic carbocycles. The van der Waals surface area contributed by atoms with Crippen molar-refractivity contribution in [2.45, 2.75) is 25.4 Å². The molecule has 6 heteroatoms. The van der Waals surface area contributed by atoms with Crippen LogP contribution in [0.4, 0.5) is 0 Å². The maximum Gasteiger partial charge on any atom is 0.337 e. The van der Waals surface area contributed by atoms with E-state index in [9.17, 15) is 14.7 Å². The van der Waals surface area contributed by atoms with Crippen LogP contribution in [-0.2, 0) is 9.59 Å². The molecule has 0 aliphatic rings. The van der Waals surface area contributed by atoms with Crippen molar-refractivity contribution < 1.29 is 24.5 Å². The zero-order valence-electron chi connectivity index (χ0n) is 13.9. The van der Waals surface area contributed by atoms with Crippen molar-refractivity contribution in [2.24, 2.45) is 0 Å². The molecule has 0 bridgehead atoms. The first-order chi connectivity index (χ1) is 11.2. The summed E-state index contributed by atoms with van der Waals surface area (Å²) in [5.74, 6) is -1.43. The second kappa shape index (κ2) is 6.88. The van der Waals surface area contributed by atoms with Crippen molar-refractivity contribution in [3.8, 4) is 5.75 Å². The van der Waals surface area contributed by atoms with E-state index in [1.165, 1.54) is 0 Å². The first-order valence-corrected chi connectivity index (χ1v) is 7.56. The third-order valence-corrected chi connectivity index (χ3v) is 4.03. The number of hydrogen-bond donors (Lipinski definition) is 3. The molecule has 1 amide bonds. The van der Waals surface area contributed by atoms with Crippen molar-refractivity contribution >= 4 is 22.6 Å². The molecular formula is C18H21NO5. The molecule has 0 saturated carbocycles. The van der Waals surface area contributed by atoms with Gasteiger partial charge in [-0.25, -0.2) is 4.79 Å². The van der Waals surface area contributed by atoms with Crippen molar-refractivity contribution in [3.63, 3.8) is 0 Å². The van der Waals surface area contributed by atoms with E-state index in [-0.39, 0.29) is 12.5 Å². The monoisotopic (exact) mass is 331 g/mol. The van der Waals surface area contributed by atoms with Gasteiger partial charge in [0.05, 0.1) is 19.6 Å². The normalized spacial score (nSPS) is 14.7. The number of amides is 1. The number of aliphatic carboxylic acids is 1. The Morgan fingerprint density at radius 1 is 1.21 bits per heavy atom. The van der Waals surface area contributed by atoms with Gasteiger partial charge in [0.1, 0.15) is 5.75 Å². The topological polar surface area (TPSA) is 95.9 Å². The molecule has 6 nitrogen and oxygen atoms in total. The molecule has 128 valence electrons. The number of fused-ring (bicyclic) bond motifs is 1. The van der Waals surface area contributed by atoms with Crippen LogP contribution in [0.2, 0.25) is 0 Å². The summed E-state index contributed by atoms with van der Waals surface area (Å²) in [6, 6.07) is 11.3. The van der Waals surface area contributed by atoms with Crippen LogP contribution in [0.15, 0.2) is 36.4 Å². The Balaban J connectivity index is 2.14. The van der Waals surface area contributed by atoms with Gasteiger partial charge in [-0.2, -0.15) is 0 Å². The Labute approximate surface area is 140 Å². The van der Waals surface area contributed by atoms with Gasteiger partial charge in [0.2, 0.25) is 5.91 Å². The molecule has 0 radical (unpaired) electrons. The first-order valence-electron chi connectivity index (χ1n) is 7.56. The van der Waals surface area contributed by atoms with E-state index in [0.29, 0.717) is 0 Å². The van der Waals surface area contributed by atoms with Crippen LogP contribution in [0.5, 0.6) is 5.75 Å². The van der Waals surface area contributed by atoms with Crippen LogP contribution >= 0.6 is 0 Å². The average Bonchev–Trinajstić information content (AvgIpc) is 2.57. The Hall–Kier alpha value is -2.60. The van der Waals surface area contributed by atoms with E-state index >= 15 is 0 Å². The molecule has 0 spiro atoms. The Morgan fingerprint density at radius 2 is 1.83 bits per heavy atom. The average molecular weight is 331 g/mol. The standard InChI is InChI=1S/C18H21NO5/c1-11(16(20)19-10-18(2,23)17(21)22)12-4-5-14-9-15(24-3)7-6-13(14)8-12/h4-9,11,23H,10H2,1-3H3,(H,19,20)(H,21,22)/t11-,18?/m0/s1. The number of ether oxygens (including phenoxy) is 1. The lowest BCUT2D eigenvalue weighted by Crippen LogP contribution is -2.47. The molecule has 2 atom stereocenters. The van der Waals surface area contributed by atoms with Crippen molar-refractivity contribution in [1.82, 2.24) is 5.32 Å². The number of carbonyl (C=O) groups is 2. The van der Waals surface area contributed by atoms with Gasteiger partial charge < -0.3 is 20.3 Å². The minimum atomic E-state index is -1.99. The number of nitrogens with one attached hydrogen (secondary N) is 1. The van der Waals surface area contributed by atoms with Crippen LogP contribution in [0.25, 0.3) is 10.8 Å². The zero-order valence-corrected chi connectivity index (χ0v) is 13.9. The van der Waals surface area contributed by atoms with Gasteiger partial charge in [-0.05, 0) is 42.3 Å². The summed E-state index contributed by atoms with van der Waals surface area (Å²) in [5.41, 5.74) is -1.19. The third kappa shape index (κ3) is 3.83. The van der Waals surface area contributed by atoms with Crippen LogP contribution in [0.1, 0.15) is 25.3 Å². The molecule has 2 aromatic rings. The third-order valence-electron chi connectivity index (χ3n) is 4.03. The minimum absolute atomic E-state index is 0.343. The molecule has 1 unspecified atom stereocenters. The van der Waals surface area contributed by atoms with E-state index in [0.717, 1.165) is 29.0 Å². The van der Waals surface area contributed by atoms with E-state index in [2.05, 4.69) is 5.32 Å². The second-order valence-electron chi connectivity index (χ2n) is 5.99. The molecule has 3 N–H and O–H groups in total. The lowest BCUT2D eigenvalue weighted by atomic mass is 9.96. The molecule has 24 heavy (non-hydrogen) atoms. The van der Waals surface area contributed by atoms with Crippen LogP contribution in [-0.4, -0.2) is 41.3 Å². The van der Waals surface area contributed by atoms with Gasteiger partial charge in [-0.3, -0.25) is 4.79 Å². The molecule has 0 aliphatic heterocycles. The van der Waals surface area contributed by atoms with E-state index < -0.39 is 17.5 Å². The smallest absolute Gasteiger partial charge is 0.337 e. The fourth-order valence-corrected chi connectivity index (χ4v) is 2.28. The number of aliphatic hydroxyl groups is 1. The quantitative estimate of drug-likeness (QED) is 0.751. The number of rotatable bonds is 6. The molecular weight excluding hydrogens is 310 g/mol. The van der Waals surface area contributed by atoms with Gasteiger partial charge in [0.15, 0.2) is 5.60 Å². The van der Waals surface area contributed by atoms with Gasteiger partial charge in [0, 0.05) is 0 Å². The predicted molar refractivity (Wildman–Crippen MR) is 90.2 cm³/mol. The van der Waals surface area contributed by atoms with Gasteiger partial charge >= 0.3 is 5.97 Å². The highest BCUT2D eigenvalue weighted by Gasteiger charge is 2.31. The summed E-state index contributed by atoms with van der Waals surface area (Å²) in [7, 11) is 1.61. The highest BCUT2D eigenvalue weighted by atomic mass is 16.5. The van der Waals surface area contributed by atoms with Crippen molar-refractivity contribution in [1.29, 1.82) is 0 Å². The van der Waals surface area contributed by atoms with Crippen LogP contribution in [0.3, 0.4) is 0 Å². The first kappa shape index (κ1) is 17.7. The Kier molecular flexibility index (Phi) is 5.09. The lowest BCUT2D eigenvalue weighted by Gasteiger charge is -2.20. The van der Waals surface area contributed by atoms with Gasteiger partial charge in [0.25, 0.3) is 0 Å². The number of carboxylic acid groups (broad SMARTS) is 1. The second-order valence-corrected chi connectivity index (χ2v) is 5.99. The number of hydrogen-bond acceptors (Lipinski definition) is 4. The van der Waals surface area contributed by atoms with Crippen molar-refractivity contribution in [2.75, 3.05) is 13.7 Å². The Morgan fingerprint density at radius 3 is 2.46 bits per heavy atom. The number of benzene rings is 2. The largest absolute Gasteiger partial charge is 0.497 e. The lowest BCUT2D eigenvalue weighted by molar-refractivity contribution is -0.156. The summed E-state index contributed by atoms with van der Waals surface area (Å²) in [6.45, 7) is 2.52. The highest BCUT2D eigenvalue weighted by Crippen LogP contribution is 2.25. The molecule has 0 aromatic heterocycles. The maximum absolute atomic E-state index is 12.2. The number of methoxy groups -OCH3 is 1. The summed E-state index contributed by atoms with van der Waals surface area (Å²) in [6.07, 6.45) is 0. The highest BCUT2D eigenvalue weighted by molar-refractivity contribution is 5.88.